The molecule has 3 nitrogen and oxygen atoms in total. The van der Waals surface area contributed by atoms with Crippen molar-refractivity contribution >= 4 is 34.8 Å². The van der Waals surface area contributed by atoms with Gasteiger partial charge < -0.3 is 10.1 Å². The van der Waals surface area contributed by atoms with E-state index in [1.165, 1.54) is 0 Å². The summed E-state index contributed by atoms with van der Waals surface area (Å²) in [5, 5.41) is 3.59. The Morgan fingerprint density at radius 2 is 1.86 bits per heavy atom. The summed E-state index contributed by atoms with van der Waals surface area (Å²) in [5.74, 6) is 0.455. The predicted octanol–water partition coefficient (Wildman–Crippen LogP) is 5.02. The van der Waals surface area contributed by atoms with Crippen LogP contribution in [0, 0.1) is 13.8 Å². The van der Waals surface area contributed by atoms with Crippen molar-refractivity contribution in [2.45, 2.75) is 26.9 Å². The zero-order valence-electron chi connectivity index (χ0n) is 12.6. The second-order valence-electron chi connectivity index (χ2n) is 5.08. The van der Waals surface area contributed by atoms with Gasteiger partial charge >= 0.3 is 0 Å². The lowest BCUT2D eigenvalue weighted by molar-refractivity contribution is -0.122. The van der Waals surface area contributed by atoms with Gasteiger partial charge in [-0.1, -0.05) is 35.3 Å². The van der Waals surface area contributed by atoms with Gasteiger partial charge in [0.05, 0.1) is 10.0 Å². The number of ether oxygens (including phenoxy) is 1. The number of amides is 1. The molecule has 1 atom stereocenters. The highest BCUT2D eigenvalue weighted by Crippen LogP contribution is 2.25. The Hall–Kier alpha value is -1.71. The van der Waals surface area contributed by atoms with Crippen LogP contribution in [0.25, 0.3) is 0 Å². The number of anilines is 1. The van der Waals surface area contributed by atoms with Gasteiger partial charge in [-0.15, -0.1) is 0 Å². The highest BCUT2D eigenvalue weighted by molar-refractivity contribution is 6.42. The van der Waals surface area contributed by atoms with E-state index in [4.69, 9.17) is 27.9 Å². The number of nitrogens with one attached hydrogen (secondary N) is 1. The fraction of sp³-hybridized carbons (Fsp3) is 0.235. The molecule has 2 rings (SSSR count). The van der Waals surface area contributed by atoms with E-state index < -0.39 is 6.10 Å². The van der Waals surface area contributed by atoms with Gasteiger partial charge in [0.15, 0.2) is 6.10 Å². The predicted molar refractivity (Wildman–Crippen MR) is 91.1 cm³/mol. The molecule has 22 heavy (non-hydrogen) atoms. The number of hydrogen-bond acceptors (Lipinski definition) is 2. The molecule has 1 N–H and O–H groups in total. The molecule has 2 aromatic carbocycles. The first kappa shape index (κ1) is 16.7. The number of halogens is 2. The maximum atomic E-state index is 12.2. The standard InChI is InChI=1S/C17H17Cl2NO2/c1-10-5-4-6-16(11(10)2)22-12(3)17(21)20-13-7-8-14(18)15(19)9-13/h4-9,12H,1-3H3,(H,20,21). The van der Waals surface area contributed by atoms with E-state index in [0.29, 0.717) is 21.5 Å². The monoisotopic (exact) mass is 337 g/mol. The van der Waals surface area contributed by atoms with Crippen LogP contribution in [0.5, 0.6) is 5.75 Å². The van der Waals surface area contributed by atoms with Crippen LogP contribution in [0.1, 0.15) is 18.1 Å². The van der Waals surface area contributed by atoms with E-state index >= 15 is 0 Å². The van der Waals surface area contributed by atoms with Crippen LogP contribution < -0.4 is 10.1 Å². The molecular weight excluding hydrogens is 321 g/mol. The third-order valence-corrected chi connectivity index (χ3v) is 4.15. The number of hydrogen-bond donors (Lipinski definition) is 1. The molecule has 0 heterocycles. The molecule has 116 valence electrons. The van der Waals surface area contributed by atoms with Crippen molar-refractivity contribution < 1.29 is 9.53 Å². The minimum absolute atomic E-state index is 0.251. The minimum Gasteiger partial charge on any atom is -0.481 e. The molecule has 0 bridgehead atoms. The van der Waals surface area contributed by atoms with E-state index in [1.54, 1.807) is 25.1 Å². The summed E-state index contributed by atoms with van der Waals surface area (Å²) in [6.45, 7) is 5.67. The topological polar surface area (TPSA) is 38.3 Å². The Morgan fingerprint density at radius 1 is 1.14 bits per heavy atom. The van der Waals surface area contributed by atoms with Crippen LogP contribution in [-0.2, 0) is 4.79 Å². The molecule has 0 fully saturated rings. The van der Waals surface area contributed by atoms with Gasteiger partial charge in [0.1, 0.15) is 5.75 Å². The summed E-state index contributed by atoms with van der Waals surface area (Å²) in [5.41, 5.74) is 2.72. The number of benzene rings is 2. The van der Waals surface area contributed by atoms with Gasteiger partial charge in [-0.05, 0) is 56.2 Å². The molecule has 1 unspecified atom stereocenters. The first-order valence-electron chi connectivity index (χ1n) is 6.87. The van der Waals surface area contributed by atoms with Crippen molar-refractivity contribution in [3.8, 4) is 5.75 Å². The van der Waals surface area contributed by atoms with Crippen LogP contribution in [0.3, 0.4) is 0 Å². The number of carbonyl (C=O) groups is 1. The number of aryl methyl sites for hydroxylation is 1. The molecule has 0 saturated carbocycles. The molecule has 2 aromatic rings. The van der Waals surface area contributed by atoms with Crippen molar-refractivity contribution in [1.82, 2.24) is 0 Å². The summed E-state index contributed by atoms with van der Waals surface area (Å²) in [4.78, 5) is 12.2. The largest absolute Gasteiger partial charge is 0.481 e. The molecule has 0 aromatic heterocycles. The van der Waals surface area contributed by atoms with Crippen molar-refractivity contribution in [3.63, 3.8) is 0 Å². The van der Waals surface area contributed by atoms with E-state index in [1.807, 2.05) is 32.0 Å². The molecule has 0 aliphatic rings. The summed E-state index contributed by atoms with van der Waals surface area (Å²) in [6.07, 6.45) is -0.630. The van der Waals surface area contributed by atoms with Crippen LogP contribution in [0.15, 0.2) is 36.4 Å². The van der Waals surface area contributed by atoms with E-state index in [-0.39, 0.29) is 5.91 Å². The fourth-order valence-corrected chi connectivity index (χ4v) is 2.21. The lowest BCUT2D eigenvalue weighted by atomic mass is 10.1. The summed E-state index contributed by atoms with van der Waals surface area (Å²) in [7, 11) is 0. The Kier molecular flexibility index (Phi) is 5.33. The smallest absolute Gasteiger partial charge is 0.265 e. The Balaban J connectivity index is 2.06. The van der Waals surface area contributed by atoms with Gasteiger partial charge in [-0.2, -0.15) is 0 Å². The molecule has 1 amide bonds. The van der Waals surface area contributed by atoms with Gasteiger partial charge in [0, 0.05) is 5.69 Å². The lowest BCUT2D eigenvalue weighted by Crippen LogP contribution is -2.30. The Morgan fingerprint density at radius 3 is 2.55 bits per heavy atom. The van der Waals surface area contributed by atoms with Gasteiger partial charge in [0.2, 0.25) is 0 Å². The van der Waals surface area contributed by atoms with Crippen LogP contribution >= 0.6 is 23.2 Å². The minimum atomic E-state index is -0.630. The van der Waals surface area contributed by atoms with Crippen molar-refractivity contribution in [3.05, 3.63) is 57.6 Å². The fourth-order valence-electron chi connectivity index (χ4n) is 1.91. The molecule has 0 aliphatic heterocycles. The first-order valence-corrected chi connectivity index (χ1v) is 7.63. The first-order chi connectivity index (χ1) is 10.4. The van der Waals surface area contributed by atoms with Gasteiger partial charge in [-0.25, -0.2) is 0 Å². The maximum absolute atomic E-state index is 12.2. The van der Waals surface area contributed by atoms with Crippen molar-refractivity contribution in [2.24, 2.45) is 0 Å². The quantitative estimate of drug-likeness (QED) is 0.850. The second-order valence-corrected chi connectivity index (χ2v) is 5.89. The molecule has 5 heteroatoms. The average molecular weight is 338 g/mol. The Labute approximate surface area is 140 Å². The molecule has 0 spiro atoms. The zero-order chi connectivity index (χ0) is 16.3. The van der Waals surface area contributed by atoms with Crippen LogP contribution in [0.2, 0.25) is 10.0 Å². The highest BCUT2D eigenvalue weighted by Gasteiger charge is 2.16. The second kappa shape index (κ2) is 7.03. The van der Waals surface area contributed by atoms with Crippen LogP contribution in [0.4, 0.5) is 5.69 Å². The van der Waals surface area contributed by atoms with Crippen molar-refractivity contribution in [1.29, 1.82) is 0 Å². The summed E-state index contributed by atoms with van der Waals surface area (Å²) < 4.78 is 5.74. The molecule has 0 radical (unpaired) electrons. The lowest BCUT2D eigenvalue weighted by Gasteiger charge is -2.17. The van der Waals surface area contributed by atoms with E-state index in [9.17, 15) is 4.79 Å². The SMILES string of the molecule is Cc1cccc(OC(C)C(=O)Nc2ccc(Cl)c(Cl)c2)c1C. The normalized spacial score (nSPS) is 11.9. The van der Waals surface area contributed by atoms with Gasteiger partial charge in [-0.3, -0.25) is 4.79 Å². The summed E-state index contributed by atoms with van der Waals surface area (Å²) >= 11 is 11.8. The number of carbonyl (C=O) groups excluding carboxylic acids is 1. The van der Waals surface area contributed by atoms with E-state index in [2.05, 4.69) is 5.32 Å². The van der Waals surface area contributed by atoms with Crippen molar-refractivity contribution in [2.75, 3.05) is 5.32 Å². The molecule has 0 aliphatic carbocycles. The average Bonchev–Trinajstić information content (AvgIpc) is 2.47. The van der Waals surface area contributed by atoms with Gasteiger partial charge in [0.25, 0.3) is 5.91 Å². The van der Waals surface area contributed by atoms with E-state index in [0.717, 1.165) is 11.1 Å². The number of rotatable bonds is 4. The highest BCUT2D eigenvalue weighted by atomic mass is 35.5. The summed E-state index contributed by atoms with van der Waals surface area (Å²) in [6, 6.07) is 10.7. The maximum Gasteiger partial charge on any atom is 0.265 e. The third-order valence-electron chi connectivity index (χ3n) is 3.42. The zero-order valence-corrected chi connectivity index (χ0v) is 14.1. The van der Waals surface area contributed by atoms with Crippen LogP contribution in [-0.4, -0.2) is 12.0 Å². The molecular formula is C17H17Cl2NO2. The third kappa shape index (κ3) is 3.93. The molecule has 0 saturated heterocycles. The Bertz CT molecular complexity index is 701.